The lowest BCUT2D eigenvalue weighted by Gasteiger charge is -2.14. The second-order valence-corrected chi connectivity index (χ2v) is 9.87. The van der Waals surface area contributed by atoms with E-state index in [9.17, 15) is 8.42 Å². The molecule has 0 saturated heterocycles. The van der Waals surface area contributed by atoms with Gasteiger partial charge in [0.1, 0.15) is 5.25 Å². The van der Waals surface area contributed by atoms with Crippen molar-refractivity contribution >= 4 is 9.84 Å². The zero-order chi connectivity index (χ0) is 20.9. The molecule has 0 atom stereocenters. The van der Waals surface area contributed by atoms with Crippen LogP contribution in [0.5, 0.6) is 0 Å². The molecule has 150 valence electrons. The third kappa shape index (κ3) is 3.04. The Bertz CT molecular complexity index is 1330. The highest BCUT2D eigenvalue weighted by molar-refractivity contribution is 7.91. The minimum absolute atomic E-state index is 0.162. The number of benzene rings is 3. The van der Waals surface area contributed by atoms with Gasteiger partial charge >= 0.3 is 0 Å². The molecule has 30 heavy (non-hydrogen) atoms. The van der Waals surface area contributed by atoms with Gasteiger partial charge < -0.3 is 0 Å². The van der Waals surface area contributed by atoms with Gasteiger partial charge in [-0.25, -0.2) is 13.1 Å². The molecule has 0 saturated carbocycles. The van der Waals surface area contributed by atoms with Crippen molar-refractivity contribution in [2.75, 3.05) is 0 Å². The molecule has 5 nitrogen and oxygen atoms in total. The Balaban J connectivity index is 1.50. The van der Waals surface area contributed by atoms with E-state index in [1.807, 2.05) is 73.7 Å². The van der Waals surface area contributed by atoms with Crippen LogP contribution in [0.15, 0.2) is 72.9 Å². The van der Waals surface area contributed by atoms with Crippen molar-refractivity contribution in [2.45, 2.75) is 24.9 Å². The van der Waals surface area contributed by atoms with E-state index < -0.39 is 15.1 Å². The molecule has 1 heterocycles. The normalized spacial score (nSPS) is 13.3. The monoisotopic (exact) mass is 415 g/mol. The van der Waals surface area contributed by atoms with Gasteiger partial charge in [0.15, 0.2) is 9.84 Å². The maximum Gasteiger partial charge on any atom is 0.167 e. The third-order valence-electron chi connectivity index (χ3n) is 5.78. The predicted molar refractivity (Wildman–Crippen MR) is 117 cm³/mol. The molecule has 4 aromatic rings. The van der Waals surface area contributed by atoms with Gasteiger partial charge in [0.05, 0.1) is 23.3 Å². The van der Waals surface area contributed by atoms with Crippen LogP contribution in [0.3, 0.4) is 0 Å². The number of aromatic nitrogens is 3. The van der Waals surface area contributed by atoms with Crippen LogP contribution in [0.4, 0.5) is 0 Å². The lowest BCUT2D eigenvalue weighted by Crippen LogP contribution is -2.15. The van der Waals surface area contributed by atoms with Crippen molar-refractivity contribution < 1.29 is 8.42 Å². The summed E-state index contributed by atoms with van der Waals surface area (Å²) >= 11 is 0. The van der Waals surface area contributed by atoms with Gasteiger partial charge in [-0.3, -0.25) is 0 Å². The highest BCUT2D eigenvalue weighted by Crippen LogP contribution is 2.47. The van der Waals surface area contributed by atoms with Crippen molar-refractivity contribution in [2.24, 2.45) is 0 Å². The number of hydrogen-bond acceptors (Lipinski definition) is 4. The average molecular weight is 416 g/mol. The van der Waals surface area contributed by atoms with Crippen LogP contribution in [-0.4, -0.2) is 23.4 Å². The van der Waals surface area contributed by atoms with E-state index >= 15 is 0 Å². The highest BCUT2D eigenvalue weighted by Gasteiger charge is 2.38. The van der Waals surface area contributed by atoms with Gasteiger partial charge in [0, 0.05) is 0 Å². The van der Waals surface area contributed by atoms with Crippen LogP contribution in [0.1, 0.15) is 33.2 Å². The van der Waals surface area contributed by atoms with E-state index in [1.165, 1.54) is 5.56 Å². The van der Waals surface area contributed by atoms with E-state index in [2.05, 4.69) is 17.2 Å². The number of fused-ring (bicyclic) bond motifs is 3. The van der Waals surface area contributed by atoms with Crippen molar-refractivity contribution in [3.05, 3.63) is 101 Å². The first-order chi connectivity index (χ1) is 14.4. The van der Waals surface area contributed by atoms with Crippen molar-refractivity contribution in [3.8, 4) is 16.8 Å². The van der Waals surface area contributed by atoms with Crippen LogP contribution in [0.2, 0.25) is 0 Å². The fourth-order valence-electron chi connectivity index (χ4n) is 4.14. The second kappa shape index (κ2) is 6.92. The summed E-state index contributed by atoms with van der Waals surface area (Å²) in [7, 11) is -3.54. The Kier molecular flexibility index (Phi) is 4.33. The molecule has 0 radical (unpaired) electrons. The van der Waals surface area contributed by atoms with E-state index in [-0.39, 0.29) is 5.75 Å². The Hall–Kier alpha value is -3.25. The summed E-state index contributed by atoms with van der Waals surface area (Å²) in [5.74, 6) is -0.162. The lowest BCUT2D eigenvalue weighted by atomic mass is 10.1. The van der Waals surface area contributed by atoms with E-state index in [0.29, 0.717) is 5.69 Å². The summed E-state index contributed by atoms with van der Waals surface area (Å²) < 4.78 is 28.6. The van der Waals surface area contributed by atoms with Crippen molar-refractivity contribution in [1.29, 1.82) is 0 Å². The Labute approximate surface area is 175 Å². The Morgan fingerprint density at radius 3 is 2.13 bits per heavy atom. The van der Waals surface area contributed by atoms with Crippen molar-refractivity contribution in [3.63, 3.8) is 0 Å². The first kappa shape index (κ1) is 18.8. The third-order valence-corrected chi connectivity index (χ3v) is 7.70. The minimum atomic E-state index is -3.54. The molecule has 1 aliphatic rings. The van der Waals surface area contributed by atoms with Gasteiger partial charge in [-0.1, -0.05) is 59.8 Å². The number of sulfone groups is 1. The van der Waals surface area contributed by atoms with Crippen LogP contribution in [-0.2, 0) is 15.6 Å². The molecule has 0 unspecified atom stereocenters. The minimum Gasteiger partial charge on any atom is -0.227 e. The SMILES string of the molecule is Cc1ccc(-n2cc(CS(=O)(=O)C3c4ccccc4-c4ccccc43)nn2)cc1C. The van der Waals surface area contributed by atoms with Gasteiger partial charge in [-0.15, -0.1) is 5.10 Å². The number of rotatable bonds is 4. The molecule has 1 aliphatic carbocycles. The highest BCUT2D eigenvalue weighted by atomic mass is 32.2. The van der Waals surface area contributed by atoms with Crippen LogP contribution in [0.25, 0.3) is 16.8 Å². The first-order valence-electron chi connectivity index (χ1n) is 9.83. The van der Waals surface area contributed by atoms with Crippen LogP contribution < -0.4 is 0 Å². The van der Waals surface area contributed by atoms with E-state index in [4.69, 9.17) is 0 Å². The molecule has 3 aromatic carbocycles. The van der Waals surface area contributed by atoms with Gasteiger partial charge in [-0.2, -0.15) is 0 Å². The smallest absolute Gasteiger partial charge is 0.167 e. The summed E-state index contributed by atoms with van der Waals surface area (Å²) in [4.78, 5) is 0. The summed E-state index contributed by atoms with van der Waals surface area (Å²) in [6.07, 6.45) is 1.70. The molecule has 0 spiro atoms. The first-order valence-corrected chi connectivity index (χ1v) is 11.5. The fourth-order valence-corrected chi connectivity index (χ4v) is 6.04. The maximum atomic E-state index is 13.5. The van der Waals surface area contributed by atoms with Gasteiger partial charge in [0.2, 0.25) is 0 Å². The maximum absolute atomic E-state index is 13.5. The van der Waals surface area contributed by atoms with E-state index in [0.717, 1.165) is 33.5 Å². The molecule has 6 heteroatoms. The van der Waals surface area contributed by atoms with E-state index in [1.54, 1.807) is 10.9 Å². The standard InChI is InChI=1S/C24H21N3O2S/c1-16-11-12-19(13-17(16)2)27-14-18(25-26-27)15-30(28,29)24-22-9-5-3-7-20(22)21-8-4-6-10-23(21)24/h3-14,24H,15H2,1-2H3. The fraction of sp³-hybridized carbons (Fsp3) is 0.167. The number of nitrogens with zero attached hydrogens (tertiary/aromatic N) is 3. The summed E-state index contributed by atoms with van der Waals surface area (Å²) in [5.41, 5.74) is 7.29. The largest absolute Gasteiger partial charge is 0.227 e. The molecule has 5 rings (SSSR count). The zero-order valence-corrected chi connectivity index (χ0v) is 17.6. The molecule has 0 fully saturated rings. The second-order valence-electron chi connectivity index (χ2n) is 7.78. The predicted octanol–water partition coefficient (Wildman–Crippen LogP) is 4.57. The zero-order valence-electron chi connectivity index (χ0n) is 16.8. The molecule has 0 aliphatic heterocycles. The Morgan fingerprint density at radius 2 is 1.50 bits per heavy atom. The average Bonchev–Trinajstić information content (AvgIpc) is 3.32. The molecule has 0 amide bonds. The molecular weight excluding hydrogens is 394 g/mol. The molecule has 1 aromatic heterocycles. The van der Waals surface area contributed by atoms with Crippen LogP contribution in [0, 0.1) is 13.8 Å². The number of aryl methyl sites for hydroxylation is 2. The molecule has 0 bridgehead atoms. The topological polar surface area (TPSA) is 64.8 Å². The van der Waals surface area contributed by atoms with Crippen LogP contribution >= 0.6 is 0 Å². The van der Waals surface area contributed by atoms with Crippen molar-refractivity contribution in [1.82, 2.24) is 15.0 Å². The quantitative estimate of drug-likeness (QED) is 0.490. The number of hydrogen-bond donors (Lipinski definition) is 0. The molecular formula is C24H21N3O2S. The van der Waals surface area contributed by atoms with Gasteiger partial charge in [0.25, 0.3) is 0 Å². The summed E-state index contributed by atoms with van der Waals surface area (Å²) in [5, 5.41) is 7.62. The van der Waals surface area contributed by atoms with Gasteiger partial charge in [-0.05, 0) is 59.4 Å². The summed E-state index contributed by atoms with van der Waals surface area (Å²) in [6, 6.07) is 21.5. The molecule has 0 N–H and O–H groups in total. The lowest BCUT2D eigenvalue weighted by molar-refractivity contribution is 0.588. The summed E-state index contributed by atoms with van der Waals surface area (Å²) in [6.45, 7) is 4.09. The Morgan fingerprint density at radius 1 is 0.867 bits per heavy atom.